The van der Waals surface area contributed by atoms with E-state index in [0.29, 0.717) is 6.61 Å². The van der Waals surface area contributed by atoms with Crippen molar-refractivity contribution in [3.8, 4) is 5.75 Å². The van der Waals surface area contributed by atoms with Crippen LogP contribution >= 0.6 is 0 Å². The van der Waals surface area contributed by atoms with E-state index in [1.807, 2.05) is 74.5 Å². The summed E-state index contributed by atoms with van der Waals surface area (Å²) >= 11 is 0. The van der Waals surface area contributed by atoms with Gasteiger partial charge in [-0.2, -0.15) is 0 Å². The second kappa shape index (κ2) is 12.7. The SMILES string of the molecule is CC.COCc1ccccc1.COc1ccccc1. The Labute approximate surface area is 117 Å². The summed E-state index contributed by atoms with van der Waals surface area (Å²) in [5.41, 5.74) is 1.22. The lowest BCUT2D eigenvalue weighted by atomic mass is 10.2. The molecule has 0 spiro atoms. The van der Waals surface area contributed by atoms with Crippen LogP contribution in [0.25, 0.3) is 0 Å². The number of rotatable bonds is 3. The van der Waals surface area contributed by atoms with Gasteiger partial charge in [0.15, 0.2) is 0 Å². The number of hydrogen-bond acceptors (Lipinski definition) is 2. The smallest absolute Gasteiger partial charge is 0.118 e. The van der Waals surface area contributed by atoms with Crippen molar-refractivity contribution in [3.05, 3.63) is 66.2 Å². The molecule has 0 bridgehead atoms. The summed E-state index contributed by atoms with van der Waals surface area (Å²) < 4.78 is 9.84. The van der Waals surface area contributed by atoms with Gasteiger partial charge < -0.3 is 9.47 Å². The maximum atomic E-state index is 4.93. The number of ether oxygens (including phenoxy) is 2. The van der Waals surface area contributed by atoms with E-state index < -0.39 is 0 Å². The van der Waals surface area contributed by atoms with Crippen LogP contribution in [0.1, 0.15) is 19.4 Å². The van der Waals surface area contributed by atoms with Gasteiger partial charge in [-0.25, -0.2) is 0 Å². The number of hydrogen-bond donors (Lipinski definition) is 0. The molecule has 0 aliphatic rings. The second-order valence-corrected chi connectivity index (χ2v) is 3.44. The minimum absolute atomic E-state index is 0.709. The number of para-hydroxylation sites is 1. The Morgan fingerprint density at radius 1 is 0.737 bits per heavy atom. The Balaban J connectivity index is 0.000000303. The molecule has 2 rings (SSSR count). The fraction of sp³-hybridized carbons (Fsp3) is 0.294. The van der Waals surface area contributed by atoms with E-state index in [1.54, 1.807) is 14.2 Å². The third-order valence-electron chi connectivity index (χ3n) is 2.13. The minimum atomic E-state index is 0.709. The second-order valence-electron chi connectivity index (χ2n) is 3.44. The van der Waals surface area contributed by atoms with Crippen LogP contribution in [0.3, 0.4) is 0 Å². The van der Waals surface area contributed by atoms with Gasteiger partial charge in [-0.1, -0.05) is 62.4 Å². The van der Waals surface area contributed by atoms with Gasteiger partial charge in [0.05, 0.1) is 13.7 Å². The first-order valence-electron chi connectivity index (χ1n) is 6.48. The molecule has 0 heterocycles. The van der Waals surface area contributed by atoms with E-state index >= 15 is 0 Å². The van der Waals surface area contributed by atoms with Crippen LogP contribution in [0, 0.1) is 0 Å². The summed E-state index contributed by atoms with van der Waals surface area (Å²) in [6, 6.07) is 19.8. The molecule has 0 unspecified atom stereocenters. The van der Waals surface area contributed by atoms with Crippen molar-refractivity contribution in [2.45, 2.75) is 20.5 Å². The molecule has 2 heteroatoms. The van der Waals surface area contributed by atoms with Crippen molar-refractivity contribution in [1.29, 1.82) is 0 Å². The van der Waals surface area contributed by atoms with Gasteiger partial charge in [-0.3, -0.25) is 0 Å². The van der Waals surface area contributed by atoms with Crippen molar-refractivity contribution in [3.63, 3.8) is 0 Å². The molecule has 0 N–H and O–H groups in total. The normalized spacial score (nSPS) is 8.42. The van der Waals surface area contributed by atoms with Crippen molar-refractivity contribution < 1.29 is 9.47 Å². The van der Waals surface area contributed by atoms with E-state index in [4.69, 9.17) is 9.47 Å². The summed E-state index contributed by atoms with van der Waals surface area (Å²) in [6.07, 6.45) is 0. The first kappa shape index (κ1) is 17.2. The zero-order chi connectivity index (χ0) is 14.3. The molecule has 0 atom stereocenters. The van der Waals surface area contributed by atoms with Gasteiger partial charge in [-0.05, 0) is 17.7 Å². The van der Waals surface area contributed by atoms with Gasteiger partial charge in [0.1, 0.15) is 5.75 Å². The van der Waals surface area contributed by atoms with E-state index in [-0.39, 0.29) is 0 Å². The van der Waals surface area contributed by atoms with Crippen LogP contribution in [0.15, 0.2) is 60.7 Å². The summed E-state index contributed by atoms with van der Waals surface area (Å²) in [6.45, 7) is 4.71. The third kappa shape index (κ3) is 8.86. The van der Waals surface area contributed by atoms with Crippen LogP contribution in [0.5, 0.6) is 5.75 Å². The lowest BCUT2D eigenvalue weighted by Gasteiger charge is -1.95. The first-order valence-corrected chi connectivity index (χ1v) is 6.48. The molecule has 0 radical (unpaired) electrons. The molecular weight excluding hydrogens is 236 g/mol. The highest BCUT2D eigenvalue weighted by atomic mass is 16.5. The third-order valence-corrected chi connectivity index (χ3v) is 2.13. The molecule has 2 aromatic carbocycles. The van der Waals surface area contributed by atoms with E-state index in [2.05, 4.69) is 0 Å². The monoisotopic (exact) mass is 260 g/mol. The zero-order valence-corrected chi connectivity index (χ0v) is 12.3. The Kier molecular flexibility index (Phi) is 11.5. The van der Waals surface area contributed by atoms with Gasteiger partial charge in [0.2, 0.25) is 0 Å². The molecule has 0 amide bonds. The molecule has 2 aromatic rings. The van der Waals surface area contributed by atoms with Crippen LogP contribution < -0.4 is 4.74 Å². The average molecular weight is 260 g/mol. The lowest BCUT2D eigenvalue weighted by molar-refractivity contribution is 0.185. The topological polar surface area (TPSA) is 18.5 Å². The van der Waals surface area contributed by atoms with E-state index in [9.17, 15) is 0 Å². The Morgan fingerprint density at radius 2 is 1.21 bits per heavy atom. The van der Waals surface area contributed by atoms with Crippen molar-refractivity contribution in [1.82, 2.24) is 0 Å². The molecule has 104 valence electrons. The predicted octanol–water partition coefficient (Wildman–Crippen LogP) is 4.55. The minimum Gasteiger partial charge on any atom is -0.497 e. The number of benzene rings is 2. The van der Waals surface area contributed by atoms with Crippen molar-refractivity contribution >= 4 is 0 Å². The fourth-order valence-corrected chi connectivity index (χ4v) is 1.30. The summed E-state index contributed by atoms with van der Waals surface area (Å²) in [4.78, 5) is 0. The van der Waals surface area contributed by atoms with Crippen molar-refractivity contribution in [2.75, 3.05) is 14.2 Å². The molecule has 2 nitrogen and oxygen atoms in total. The van der Waals surface area contributed by atoms with E-state index in [1.165, 1.54) is 5.56 Å². The van der Waals surface area contributed by atoms with Crippen LogP contribution in [0.4, 0.5) is 0 Å². The van der Waals surface area contributed by atoms with Gasteiger partial charge in [0, 0.05) is 7.11 Å². The molecule has 0 fully saturated rings. The molecule has 0 aromatic heterocycles. The van der Waals surface area contributed by atoms with Gasteiger partial charge >= 0.3 is 0 Å². The Hall–Kier alpha value is -1.80. The molecule has 0 saturated heterocycles. The maximum absolute atomic E-state index is 4.93. The van der Waals surface area contributed by atoms with Gasteiger partial charge in [0.25, 0.3) is 0 Å². The molecule has 19 heavy (non-hydrogen) atoms. The Morgan fingerprint density at radius 3 is 1.58 bits per heavy atom. The highest BCUT2D eigenvalue weighted by Gasteiger charge is 1.84. The lowest BCUT2D eigenvalue weighted by Crippen LogP contribution is -1.84. The highest BCUT2D eigenvalue weighted by molar-refractivity contribution is 5.20. The van der Waals surface area contributed by atoms with Crippen LogP contribution in [-0.2, 0) is 11.3 Å². The largest absolute Gasteiger partial charge is 0.497 e. The number of methoxy groups -OCH3 is 2. The molecule has 0 saturated carbocycles. The van der Waals surface area contributed by atoms with Crippen LogP contribution in [0.2, 0.25) is 0 Å². The van der Waals surface area contributed by atoms with Gasteiger partial charge in [-0.15, -0.1) is 0 Å². The molecule has 0 aliphatic heterocycles. The zero-order valence-electron chi connectivity index (χ0n) is 12.3. The first-order chi connectivity index (χ1) is 9.36. The molecule has 0 aliphatic carbocycles. The van der Waals surface area contributed by atoms with Crippen molar-refractivity contribution in [2.24, 2.45) is 0 Å². The average Bonchev–Trinajstić information content (AvgIpc) is 2.52. The van der Waals surface area contributed by atoms with Crippen LogP contribution in [-0.4, -0.2) is 14.2 Å². The maximum Gasteiger partial charge on any atom is 0.118 e. The standard InChI is InChI=1S/C8H10O.C7H8O.C2H6/c1-9-7-8-5-3-2-4-6-8;1-8-7-5-3-2-4-6-7;1-2/h2-6H,7H2,1H3;2-6H,1H3;1-2H3. The summed E-state index contributed by atoms with van der Waals surface area (Å²) in [7, 11) is 3.36. The molecular formula is C17H24O2. The Bertz CT molecular complexity index is 385. The quantitative estimate of drug-likeness (QED) is 0.805. The fourth-order valence-electron chi connectivity index (χ4n) is 1.30. The summed E-state index contributed by atoms with van der Waals surface area (Å²) in [5, 5.41) is 0. The highest BCUT2D eigenvalue weighted by Crippen LogP contribution is 2.05. The summed E-state index contributed by atoms with van der Waals surface area (Å²) in [5.74, 6) is 0.910. The predicted molar refractivity (Wildman–Crippen MR) is 81.5 cm³/mol. The van der Waals surface area contributed by atoms with E-state index in [0.717, 1.165) is 5.75 Å².